The Kier molecular flexibility index (Phi) is 59.3. The molecule has 71 heavy (non-hydrogen) atoms. The van der Waals surface area contributed by atoms with E-state index < -0.39 is 6.10 Å². The van der Waals surface area contributed by atoms with Crippen LogP contribution < -0.4 is 0 Å². The summed E-state index contributed by atoms with van der Waals surface area (Å²) < 4.78 is 10.7. The Labute approximate surface area is 442 Å². The van der Waals surface area contributed by atoms with Crippen molar-refractivity contribution in [3.8, 4) is 0 Å². The first kappa shape index (κ1) is 68.3. The molecule has 0 radical (unpaired) electrons. The van der Waals surface area contributed by atoms with E-state index in [-0.39, 0.29) is 25.2 Å². The number of aliphatic hydroxyl groups excluding tert-OH is 1. The largest absolute Gasteiger partial charge is 0.462 e. The smallest absolute Gasteiger partial charge is 0.306 e. The summed E-state index contributed by atoms with van der Waals surface area (Å²) in [6.45, 7) is 4.05. The second-order valence-corrected chi connectivity index (χ2v) is 20.8. The predicted octanol–water partition coefficient (Wildman–Crippen LogP) is 21.1. The third-order valence-electron chi connectivity index (χ3n) is 13.7. The summed E-state index contributed by atoms with van der Waals surface area (Å²) in [6.07, 6.45) is 84.9. The summed E-state index contributed by atoms with van der Waals surface area (Å²) in [5.74, 6) is -0.586. The van der Waals surface area contributed by atoms with Crippen LogP contribution in [0.1, 0.15) is 316 Å². The zero-order valence-electron chi connectivity index (χ0n) is 47.2. The molecule has 0 saturated carbocycles. The fraction of sp³-hybridized carbons (Fsp3) is 0.788. The van der Waals surface area contributed by atoms with E-state index in [0.29, 0.717) is 12.8 Å². The van der Waals surface area contributed by atoms with Crippen LogP contribution in [0, 0.1) is 0 Å². The first-order valence-electron chi connectivity index (χ1n) is 31.0. The predicted molar refractivity (Wildman–Crippen MR) is 311 cm³/mol. The molecule has 1 unspecified atom stereocenters. The van der Waals surface area contributed by atoms with E-state index in [0.717, 1.165) is 77.0 Å². The monoisotopic (exact) mass is 991 g/mol. The van der Waals surface area contributed by atoms with E-state index in [1.54, 1.807) is 0 Å². The van der Waals surface area contributed by atoms with Crippen molar-refractivity contribution in [2.45, 2.75) is 322 Å². The van der Waals surface area contributed by atoms with Gasteiger partial charge in [-0.05, 0) is 83.5 Å². The first-order valence-corrected chi connectivity index (χ1v) is 31.0. The fourth-order valence-electron chi connectivity index (χ4n) is 9.11. The highest BCUT2D eigenvalue weighted by atomic mass is 16.6. The molecule has 0 spiro atoms. The Morgan fingerprint density at radius 3 is 0.930 bits per heavy atom. The molecule has 0 bridgehead atoms. The quantitative estimate of drug-likeness (QED) is 0.0373. The molecule has 0 fully saturated rings. The molecular formula is C66H118O5. The van der Waals surface area contributed by atoms with Gasteiger partial charge in [0.25, 0.3) is 0 Å². The Morgan fingerprint density at radius 2 is 0.606 bits per heavy atom. The van der Waals surface area contributed by atoms with Crippen molar-refractivity contribution < 1.29 is 24.2 Å². The Bertz CT molecular complexity index is 1260. The molecular weight excluding hydrogens is 873 g/mol. The highest BCUT2D eigenvalue weighted by Gasteiger charge is 2.16. The lowest BCUT2D eigenvalue weighted by Crippen LogP contribution is -2.28. The van der Waals surface area contributed by atoms with Gasteiger partial charge in [-0.3, -0.25) is 9.59 Å². The summed E-state index contributed by atoms with van der Waals surface area (Å²) in [6, 6.07) is 0. The van der Waals surface area contributed by atoms with Gasteiger partial charge in [-0.2, -0.15) is 0 Å². The minimum absolute atomic E-state index is 0.0670. The third kappa shape index (κ3) is 59.8. The summed E-state index contributed by atoms with van der Waals surface area (Å²) >= 11 is 0. The maximum absolute atomic E-state index is 12.3. The zero-order valence-corrected chi connectivity index (χ0v) is 47.2. The molecule has 0 amide bonds. The molecule has 1 atom stereocenters. The van der Waals surface area contributed by atoms with Crippen molar-refractivity contribution in [2.24, 2.45) is 0 Å². The first-order chi connectivity index (χ1) is 35.1. The van der Waals surface area contributed by atoms with Crippen molar-refractivity contribution in [1.29, 1.82) is 0 Å². The van der Waals surface area contributed by atoms with E-state index >= 15 is 0 Å². The molecule has 1 N–H and O–H groups in total. The molecule has 0 rings (SSSR count). The number of esters is 2. The summed E-state index contributed by atoms with van der Waals surface area (Å²) in [5, 5.41) is 9.65. The topological polar surface area (TPSA) is 72.8 Å². The van der Waals surface area contributed by atoms with Gasteiger partial charge in [0.05, 0.1) is 6.61 Å². The van der Waals surface area contributed by atoms with E-state index in [2.05, 4.69) is 86.8 Å². The molecule has 0 aromatic carbocycles. The van der Waals surface area contributed by atoms with Gasteiger partial charge in [-0.15, -0.1) is 0 Å². The average molecular weight is 992 g/mol. The van der Waals surface area contributed by atoms with Gasteiger partial charge in [0.2, 0.25) is 0 Å². The minimum Gasteiger partial charge on any atom is -0.462 e. The maximum atomic E-state index is 12.3. The molecule has 0 aromatic heterocycles. The van der Waals surface area contributed by atoms with Crippen LogP contribution in [-0.4, -0.2) is 36.4 Å². The van der Waals surface area contributed by atoms with Crippen LogP contribution in [0.25, 0.3) is 0 Å². The molecule has 0 aromatic rings. The van der Waals surface area contributed by atoms with Crippen molar-refractivity contribution in [3.05, 3.63) is 72.9 Å². The van der Waals surface area contributed by atoms with Crippen molar-refractivity contribution in [3.63, 3.8) is 0 Å². The number of carbonyl (C=O) groups excluding carboxylic acids is 2. The molecule has 5 heteroatoms. The van der Waals surface area contributed by atoms with E-state index in [1.165, 1.54) is 212 Å². The van der Waals surface area contributed by atoms with Crippen molar-refractivity contribution in [2.75, 3.05) is 13.2 Å². The molecule has 0 aliphatic heterocycles. The van der Waals surface area contributed by atoms with Gasteiger partial charge in [0.15, 0.2) is 6.10 Å². The third-order valence-corrected chi connectivity index (χ3v) is 13.7. The van der Waals surface area contributed by atoms with Gasteiger partial charge in [-0.1, -0.05) is 292 Å². The molecule has 0 aliphatic carbocycles. The number of aliphatic hydroxyl groups is 1. The lowest BCUT2D eigenvalue weighted by molar-refractivity contribution is -0.161. The SMILES string of the molecule is CC/C=C\C/C=C\C/C=C\C/C=C\C/C=C\CCCCCCCCCCCCCCCCCCCCCCCCCCCC(=O)OC(CO)COC(=O)CCCCCCC/C=C\CCCCCCCCC. The zero-order chi connectivity index (χ0) is 51.3. The highest BCUT2D eigenvalue weighted by Crippen LogP contribution is 2.17. The second-order valence-electron chi connectivity index (χ2n) is 20.8. The summed E-state index contributed by atoms with van der Waals surface area (Å²) in [4.78, 5) is 24.5. The van der Waals surface area contributed by atoms with Crippen LogP contribution in [0.15, 0.2) is 72.9 Å². The minimum atomic E-state index is -0.774. The van der Waals surface area contributed by atoms with Gasteiger partial charge in [0, 0.05) is 12.8 Å². The molecule has 0 saturated heterocycles. The van der Waals surface area contributed by atoms with Crippen LogP contribution in [0.3, 0.4) is 0 Å². The average Bonchev–Trinajstić information content (AvgIpc) is 3.37. The van der Waals surface area contributed by atoms with Crippen LogP contribution in [0.2, 0.25) is 0 Å². The van der Waals surface area contributed by atoms with E-state index in [4.69, 9.17) is 9.47 Å². The number of unbranched alkanes of at least 4 members (excludes halogenated alkanes) is 37. The Morgan fingerprint density at radius 1 is 0.338 bits per heavy atom. The van der Waals surface area contributed by atoms with Crippen LogP contribution >= 0.6 is 0 Å². The molecule has 412 valence electrons. The van der Waals surface area contributed by atoms with Crippen molar-refractivity contribution >= 4 is 11.9 Å². The van der Waals surface area contributed by atoms with Crippen LogP contribution in [-0.2, 0) is 19.1 Å². The summed E-state index contributed by atoms with van der Waals surface area (Å²) in [5.41, 5.74) is 0. The number of hydrogen-bond acceptors (Lipinski definition) is 5. The highest BCUT2D eigenvalue weighted by molar-refractivity contribution is 5.70. The fourth-order valence-corrected chi connectivity index (χ4v) is 9.11. The van der Waals surface area contributed by atoms with E-state index in [9.17, 15) is 14.7 Å². The van der Waals surface area contributed by atoms with Gasteiger partial charge < -0.3 is 14.6 Å². The number of ether oxygens (including phenoxy) is 2. The molecule has 0 aliphatic rings. The lowest BCUT2D eigenvalue weighted by Gasteiger charge is -2.15. The second kappa shape index (κ2) is 61.6. The Balaban J connectivity index is 3.40. The van der Waals surface area contributed by atoms with Gasteiger partial charge >= 0.3 is 11.9 Å². The van der Waals surface area contributed by atoms with E-state index in [1.807, 2.05) is 0 Å². The normalized spacial score (nSPS) is 12.7. The molecule has 0 heterocycles. The standard InChI is InChI=1S/C66H118O5/c1-3-5-7-9-11-13-15-17-19-21-22-23-24-25-26-27-28-29-30-31-32-33-34-35-36-37-38-39-40-41-42-43-44-45-47-49-51-53-55-57-59-61-66(69)71-64(62-67)63-70-65(68)60-58-56-54-52-50-48-46-20-18-16-14-12-10-8-6-4-2/h5,7,11,13,17,19-20,22-23,25-26,46,64,67H,3-4,6,8-10,12,14-16,18,21,24,27-45,47-63H2,1-2H3/b7-5-,13-11-,19-17-,23-22-,26-25-,46-20-. The number of carbonyl (C=O) groups is 2. The number of allylic oxidation sites excluding steroid dienone is 12. The van der Waals surface area contributed by atoms with Crippen LogP contribution in [0.5, 0.6) is 0 Å². The van der Waals surface area contributed by atoms with Gasteiger partial charge in [-0.25, -0.2) is 0 Å². The maximum Gasteiger partial charge on any atom is 0.306 e. The number of hydrogen-bond donors (Lipinski definition) is 1. The van der Waals surface area contributed by atoms with Gasteiger partial charge in [0.1, 0.15) is 6.61 Å². The Hall–Kier alpha value is -2.66. The summed E-state index contributed by atoms with van der Waals surface area (Å²) in [7, 11) is 0. The number of rotatable bonds is 57. The lowest BCUT2D eigenvalue weighted by atomic mass is 10.0. The molecule has 5 nitrogen and oxygen atoms in total. The van der Waals surface area contributed by atoms with Crippen molar-refractivity contribution in [1.82, 2.24) is 0 Å². The van der Waals surface area contributed by atoms with Crippen LogP contribution in [0.4, 0.5) is 0 Å².